The van der Waals surface area contributed by atoms with Gasteiger partial charge in [-0.2, -0.15) is 5.21 Å². The summed E-state index contributed by atoms with van der Waals surface area (Å²) in [6, 6.07) is 5.10. The van der Waals surface area contributed by atoms with Gasteiger partial charge < -0.3 is 0 Å². The number of nitrogens with zero attached hydrogens (tertiary/aromatic N) is 4. The zero-order valence-electron chi connectivity index (χ0n) is 7.43. The molecule has 0 radical (unpaired) electrons. The first-order valence-electron chi connectivity index (χ1n) is 3.99. The molecule has 6 nitrogen and oxygen atoms in total. The number of hydrogen-bond acceptors (Lipinski definition) is 5. The van der Waals surface area contributed by atoms with Crippen LogP contribution in [-0.4, -0.2) is 31.4 Å². The standard InChI is InChI=1S/C8H7N5O/c1-5(14)6-3-2-4-7(9-6)8-10-12-13-11-8/h2-4H,1H3,(H,10,11,12,13). The Balaban J connectivity index is 2.46. The van der Waals surface area contributed by atoms with E-state index in [0.717, 1.165) is 0 Å². The normalized spacial score (nSPS) is 10.1. The molecule has 0 amide bonds. The van der Waals surface area contributed by atoms with Gasteiger partial charge in [-0.1, -0.05) is 6.07 Å². The minimum atomic E-state index is -0.0876. The first-order valence-corrected chi connectivity index (χ1v) is 3.99. The molecule has 1 N–H and O–H groups in total. The molecule has 70 valence electrons. The number of ketones is 1. The molecule has 0 unspecified atom stereocenters. The van der Waals surface area contributed by atoms with Crippen LogP contribution in [0, 0.1) is 0 Å². The number of aromatic amines is 1. The van der Waals surface area contributed by atoms with Gasteiger partial charge in [0.1, 0.15) is 11.4 Å². The molecule has 0 aliphatic rings. The van der Waals surface area contributed by atoms with Gasteiger partial charge in [0.15, 0.2) is 5.78 Å². The molecule has 2 rings (SSSR count). The summed E-state index contributed by atoms with van der Waals surface area (Å²) in [6.45, 7) is 1.46. The second-order valence-electron chi connectivity index (χ2n) is 2.70. The molecule has 0 saturated carbocycles. The van der Waals surface area contributed by atoms with Crippen LogP contribution < -0.4 is 0 Å². The zero-order valence-corrected chi connectivity index (χ0v) is 7.43. The third kappa shape index (κ3) is 1.49. The van der Waals surface area contributed by atoms with Crippen molar-refractivity contribution in [3.63, 3.8) is 0 Å². The molecular weight excluding hydrogens is 182 g/mol. The van der Waals surface area contributed by atoms with Crippen molar-refractivity contribution in [3.8, 4) is 11.5 Å². The number of aromatic nitrogens is 5. The molecule has 0 aliphatic carbocycles. The Labute approximate surface area is 79.4 Å². The summed E-state index contributed by atoms with van der Waals surface area (Å²) in [6.07, 6.45) is 0. The predicted octanol–water partition coefficient (Wildman–Crippen LogP) is 0.464. The van der Waals surface area contributed by atoms with E-state index in [2.05, 4.69) is 25.6 Å². The summed E-state index contributed by atoms with van der Waals surface area (Å²) in [7, 11) is 0. The van der Waals surface area contributed by atoms with Crippen LogP contribution in [0.5, 0.6) is 0 Å². The fourth-order valence-electron chi connectivity index (χ4n) is 1.03. The monoisotopic (exact) mass is 189 g/mol. The number of rotatable bonds is 2. The van der Waals surface area contributed by atoms with E-state index in [1.165, 1.54) is 6.92 Å². The van der Waals surface area contributed by atoms with Gasteiger partial charge in [0, 0.05) is 6.92 Å². The molecule has 6 heteroatoms. The fourth-order valence-corrected chi connectivity index (χ4v) is 1.03. The van der Waals surface area contributed by atoms with E-state index in [9.17, 15) is 4.79 Å². The third-order valence-corrected chi connectivity index (χ3v) is 1.68. The Morgan fingerprint density at radius 2 is 2.29 bits per heavy atom. The number of carbonyl (C=O) groups is 1. The number of Topliss-reactive ketones (excluding diaryl/α,β-unsaturated/α-hetero) is 1. The maximum absolute atomic E-state index is 11.0. The summed E-state index contributed by atoms with van der Waals surface area (Å²) in [5, 5.41) is 13.3. The van der Waals surface area contributed by atoms with E-state index in [-0.39, 0.29) is 5.78 Å². The molecule has 0 aromatic carbocycles. The lowest BCUT2D eigenvalue weighted by atomic mass is 10.2. The van der Waals surface area contributed by atoms with Crippen molar-refractivity contribution in [1.29, 1.82) is 0 Å². The Kier molecular flexibility index (Phi) is 2.02. The minimum Gasteiger partial charge on any atom is -0.293 e. The third-order valence-electron chi connectivity index (χ3n) is 1.68. The smallest absolute Gasteiger partial charge is 0.222 e. The molecular formula is C8H7N5O. The molecule has 0 fully saturated rings. The van der Waals surface area contributed by atoms with E-state index in [0.29, 0.717) is 17.2 Å². The van der Waals surface area contributed by atoms with Crippen molar-refractivity contribution in [2.24, 2.45) is 0 Å². The highest BCUT2D eigenvalue weighted by Crippen LogP contribution is 2.10. The van der Waals surface area contributed by atoms with Gasteiger partial charge in [-0.3, -0.25) is 4.79 Å². The van der Waals surface area contributed by atoms with Gasteiger partial charge in [-0.15, -0.1) is 10.2 Å². The molecule has 14 heavy (non-hydrogen) atoms. The quantitative estimate of drug-likeness (QED) is 0.694. The number of nitrogens with one attached hydrogen (secondary N) is 1. The van der Waals surface area contributed by atoms with Crippen molar-refractivity contribution in [1.82, 2.24) is 25.6 Å². The summed E-state index contributed by atoms with van der Waals surface area (Å²) in [4.78, 5) is 15.1. The summed E-state index contributed by atoms with van der Waals surface area (Å²) in [5.74, 6) is 0.295. The molecule has 2 heterocycles. The topological polar surface area (TPSA) is 84.4 Å². The highest BCUT2D eigenvalue weighted by atomic mass is 16.1. The van der Waals surface area contributed by atoms with E-state index in [4.69, 9.17) is 0 Å². The Morgan fingerprint density at radius 3 is 2.93 bits per heavy atom. The van der Waals surface area contributed by atoms with Crippen LogP contribution >= 0.6 is 0 Å². The molecule has 0 aliphatic heterocycles. The number of carbonyl (C=O) groups excluding carboxylic acids is 1. The lowest BCUT2D eigenvalue weighted by Gasteiger charge is -1.96. The first-order chi connectivity index (χ1) is 6.77. The van der Waals surface area contributed by atoms with Crippen LogP contribution in [0.15, 0.2) is 18.2 Å². The number of tetrazole rings is 1. The second kappa shape index (κ2) is 3.33. The first kappa shape index (κ1) is 8.49. The SMILES string of the molecule is CC(=O)c1cccc(-c2nn[nH]n2)n1. The summed E-state index contributed by atoms with van der Waals surface area (Å²) >= 11 is 0. The summed E-state index contributed by atoms with van der Waals surface area (Å²) in [5.41, 5.74) is 0.929. The van der Waals surface area contributed by atoms with E-state index >= 15 is 0 Å². The maximum Gasteiger partial charge on any atom is 0.222 e. The van der Waals surface area contributed by atoms with E-state index in [1.807, 2.05) is 0 Å². The van der Waals surface area contributed by atoms with Crippen molar-refractivity contribution < 1.29 is 4.79 Å². The van der Waals surface area contributed by atoms with Crippen LogP contribution in [0.4, 0.5) is 0 Å². The number of hydrogen-bond donors (Lipinski definition) is 1. The zero-order chi connectivity index (χ0) is 9.97. The highest BCUT2D eigenvalue weighted by molar-refractivity contribution is 5.92. The van der Waals surface area contributed by atoms with Gasteiger partial charge in [-0.05, 0) is 17.3 Å². The van der Waals surface area contributed by atoms with Crippen molar-refractivity contribution in [2.45, 2.75) is 6.92 Å². The van der Waals surface area contributed by atoms with E-state index in [1.54, 1.807) is 18.2 Å². The second-order valence-corrected chi connectivity index (χ2v) is 2.70. The van der Waals surface area contributed by atoms with Crippen molar-refractivity contribution >= 4 is 5.78 Å². The number of pyridine rings is 1. The van der Waals surface area contributed by atoms with Gasteiger partial charge in [-0.25, -0.2) is 4.98 Å². The van der Waals surface area contributed by atoms with Crippen LogP contribution in [0.2, 0.25) is 0 Å². The molecule has 0 spiro atoms. The number of H-pyrrole nitrogens is 1. The van der Waals surface area contributed by atoms with Crippen LogP contribution in [0.3, 0.4) is 0 Å². The Bertz CT molecular complexity index is 451. The van der Waals surface area contributed by atoms with Gasteiger partial charge in [0.25, 0.3) is 0 Å². The molecule has 2 aromatic heterocycles. The largest absolute Gasteiger partial charge is 0.293 e. The average molecular weight is 189 g/mol. The average Bonchev–Trinajstić information content (AvgIpc) is 2.71. The molecule has 0 atom stereocenters. The fraction of sp³-hybridized carbons (Fsp3) is 0.125. The lowest BCUT2D eigenvalue weighted by molar-refractivity contribution is 0.101. The molecule has 0 bridgehead atoms. The van der Waals surface area contributed by atoms with Gasteiger partial charge >= 0.3 is 0 Å². The van der Waals surface area contributed by atoms with Crippen LogP contribution in [0.1, 0.15) is 17.4 Å². The van der Waals surface area contributed by atoms with Crippen molar-refractivity contribution in [3.05, 3.63) is 23.9 Å². The van der Waals surface area contributed by atoms with Crippen LogP contribution in [-0.2, 0) is 0 Å². The highest BCUT2D eigenvalue weighted by Gasteiger charge is 2.06. The Hall–Kier alpha value is -2.11. The predicted molar refractivity (Wildman–Crippen MR) is 47.4 cm³/mol. The van der Waals surface area contributed by atoms with E-state index < -0.39 is 0 Å². The lowest BCUT2D eigenvalue weighted by Crippen LogP contribution is -1.98. The van der Waals surface area contributed by atoms with Crippen molar-refractivity contribution in [2.75, 3.05) is 0 Å². The van der Waals surface area contributed by atoms with Gasteiger partial charge in [0.05, 0.1) is 0 Å². The summed E-state index contributed by atoms with van der Waals surface area (Å²) < 4.78 is 0. The van der Waals surface area contributed by atoms with Gasteiger partial charge in [0.2, 0.25) is 5.82 Å². The van der Waals surface area contributed by atoms with Crippen LogP contribution in [0.25, 0.3) is 11.5 Å². The Morgan fingerprint density at radius 1 is 1.43 bits per heavy atom. The maximum atomic E-state index is 11.0. The molecule has 0 saturated heterocycles. The molecule has 2 aromatic rings. The minimum absolute atomic E-state index is 0.0876.